The lowest BCUT2D eigenvalue weighted by Crippen LogP contribution is -2.29. The van der Waals surface area contributed by atoms with E-state index < -0.39 is 6.10 Å². The van der Waals surface area contributed by atoms with Crippen molar-refractivity contribution in [3.05, 3.63) is 34.3 Å². The van der Waals surface area contributed by atoms with Crippen LogP contribution in [-0.4, -0.2) is 34.9 Å². The number of nitrogens with one attached hydrogen (secondary N) is 2. The molecule has 1 aliphatic rings. The quantitative estimate of drug-likeness (QED) is 0.746. The van der Waals surface area contributed by atoms with Gasteiger partial charge in [-0.05, 0) is 31.0 Å². The number of benzene rings is 1. The molecule has 1 fully saturated rings. The first-order chi connectivity index (χ1) is 11.0. The van der Waals surface area contributed by atoms with Gasteiger partial charge in [-0.3, -0.25) is 9.89 Å². The summed E-state index contributed by atoms with van der Waals surface area (Å²) in [5, 5.41) is 10.7. The molecule has 3 rings (SSSR count). The van der Waals surface area contributed by atoms with Gasteiger partial charge in [0.05, 0.1) is 11.8 Å². The number of halogens is 3. The van der Waals surface area contributed by atoms with Gasteiger partial charge in [-0.15, -0.1) is 12.4 Å². The summed E-state index contributed by atoms with van der Waals surface area (Å²) in [6, 6.07) is 6.89. The van der Waals surface area contributed by atoms with Crippen molar-refractivity contribution in [1.29, 1.82) is 0 Å². The molecule has 2 atom stereocenters. The van der Waals surface area contributed by atoms with Gasteiger partial charge in [-0.2, -0.15) is 5.10 Å². The van der Waals surface area contributed by atoms with E-state index in [0.717, 1.165) is 12.0 Å². The first kappa shape index (κ1) is 19.0. The number of nitrogens with zero attached hydrogens (tertiary/aromatic N) is 1. The van der Waals surface area contributed by atoms with Gasteiger partial charge in [0, 0.05) is 28.2 Å². The Bertz CT molecular complexity index is 702. The van der Waals surface area contributed by atoms with Crippen LogP contribution in [0.15, 0.2) is 24.3 Å². The average Bonchev–Trinajstić information content (AvgIpc) is 3.15. The van der Waals surface area contributed by atoms with Gasteiger partial charge in [-0.1, -0.05) is 23.2 Å². The van der Waals surface area contributed by atoms with Crippen molar-refractivity contribution in [2.75, 3.05) is 11.9 Å². The summed E-state index contributed by atoms with van der Waals surface area (Å²) < 4.78 is 5.56. The molecule has 9 heteroatoms. The van der Waals surface area contributed by atoms with Crippen molar-refractivity contribution in [3.8, 4) is 11.3 Å². The minimum atomic E-state index is -0.482. The van der Waals surface area contributed by atoms with Crippen LogP contribution in [0.1, 0.15) is 12.8 Å². The van der Waals surface area contributed by atoms with E-state index in [1.54, 1.807) is 24.3 Å². The third kappa shape index (κ3) is 4.40. The number of aromatic amines is 1. The lowest BCUT2D eigenvalue weighted by Gasteiger charge is -2.11. The van der Waals surface area contributed by atoms with Crippen LogP contribution in [0.4, 0.5) is 5.82 Å². The fourth-order valence-corrected chi connectivity index (χ4v) is 3.05. The highest BCUT2D eigenvalue weighted by Gasteiger charge is 2.30. The molecular formula is C15H17Cl3N4O2. The van der Waals surface area contributed by atoms with E-state index in [1.807, 2.05) is 0 Å². The monoisotopic (exact) mass is 390 g/mol. The van der Waals surface area contributed by atoms with Crippen LogP contribution in [0, 0.1) is 0 Å². The van der Waals surface area contributed by atoms with E-state index >= 15 is 0 Å². The molecule has 0 saturated carbocycles. The highest BCUT2D eigenvalue weighted by molar-refractivity contribution is 6.35. The van der Waals surface area contributed by atoms with Gasteiger partial charge in [0.2, 0.25) is 0 Å². The molecule has 0 aliphatic carbocycles. The van der Waals surface area contributed by atoms with Crippen molar-refractivity contribution in [1.82, 2.24) is 10.2 Å². The Kier molecular flexibility index (Phi) is 6.48. The van der Waals surface area contributed by atoms with E-state index in [1.165, 1.54) is 0 Å². The summed E-state index contributed by atoms with van der Waals surface area (Å²) in [6.07, 6.45) is 0.925. The number of H-pyrrole nitrogens is 1. The molecule has 24 heavy (non-hydrogen) atoms. The summed E-state index contributed by atoms with van der Waals surface area (Å²) in [5.74, 6) is 0.198. The maximum absolute atomic E-state index is 12.2. The van der Waals surface area contributed by atoms with Crippen molar-refractivity contribution in [2.24, 2.45) is 5.73 Å². The number of aromatic nitrogens is 2. The Morgan fingerprint density at radius 1 is 1.29 bits per heavy atom. The Labute approximate surface area is 155 Å². The molecule has 1 aliphatic heterocycles. The molecule has 1 saturated heterocycles. The zero-order valence-corrected chi connectivity index (χ0v) is 14.9. The molecule has 0 radical (unpaired) electrons. The van der Waals surface area contributed by atoms with Crippen LogP contribution < -0.4 is 11.1 Å². The predicted octanol–water partition coefficient (Wildman–Crippen LogP) is 3.25. The molecule has 6 nitrogen and oxygen atoms in total. The molecule has 1 aromatic carbocycles. The molecule has 2 heterocycles. The lowest BCUT2D eigenvalue weighted by molar-refractivity contribution is -0.126. The van der Waals surface area contributed by atoms with Crippen LogP contribution >= 0.6 is 35.6 Å². The number of carbonyl (C=O) groups is 1. The average molecular weight is 392 g/mol. The van der Waals surface area contributed by atoms with E-state index in [0.29, 0.717) is 34.5 Å². The van der Waals surface area contributed by atoms with Crippen molar-refractivity contribution in [2.45, 2.75) is 25.0 Å². The number of nitrogens with two attached hydrogens (primary N) is 1. The first-order valence-corrected chi connectivity index (χ1v) is 7.99. The van der Waals surface area contributed by atoms with Gasteiger partial charge in [0.15, 0.2) is 5.82 Å². The van der Waals surface area contributed by atoms with Gasteiger partial charge in [0.25, 0.3) is 5.91 Å². The Hall–Kier alpha value is -1.31. The van der Waals surface area contributed by atoms with Crippen LogP contribution in [0.3, 0.4) is 0 Å². The largest absolute Gasteiger partial charge is 0.364 e. The van der Waals surface area contributed by atoms with Crippen LogP contribution in [-0.2, 0) is 9.53 Å². The summed E-state index contributed by atoms with van der Waals surface area (Å²) in [6.45, 7) is 0.422. The zero-order valence-electron chi connectivity index (χ0n) is 12.6. The van der Waals surface area contributed by atoms with Crippen molar-refractivity contribution in [3.63, 3.8) is 0 Å². The second-order valence-electron chi connectivity index (χ2n) is 5.37. The van der Waals surface area contributed by atoms with Gasteiger partial charge in [0.1, 0.15) is 6.10 Å². The van der Waals surface area contributed by atoms with E-state index in [4.69, 9.17) is 33.7 Å². The highest BCUT2D eigenvalue weighted by atomic mass is 35.5. The van der Waals surface area contributed by atoms with Gasteiger partial charge < -0.3 is 15.8 Å². The molecule has 130 valence electrons. The third-order valence-corrected chi connectivity index (χ3v) is 4.10. The first-order valence-electron chi connectivity index (χ1n) is 7.23. The topological polar surface area (TPSA) is 93.0 Å². The summed E-state index contributed by atoms with van der Waals surface area (Å²) in [5.41, 5.74) is 7.04. The molecular weight excluding hydrogens is 375 g/mol. The third-order valence-electron chi connectivity index (χ3n) is 3.67. The zero-order chi connectivity index (χ0) is 16.4. The minimum absolute atomic E-state index is 0. The van der Waals surface area contributed by atoms with E-state index in [-0.39, 0.29) is 24.4 Å². The molecule has 2 aromatic rings. The van der Waals surface area contributed by atoms with E-state index in [2.05, 4.69) is 15.5 Å². The highest BCUT2D eigenvalue weighted by Crippen LogP contribution is 2.27. The number of rotatable bonds is 4. The number of carbonyl (C=O) groups excluding carboxylic acids is 1. The molecule has 0 bridgehead atoms. The van der Waals surface area contributed by atoms with Crippen LogP contribution in [0.5, 0.6) is 0 Å². The van der Waals surface area contributed by atoms with Crippen molar-refractivity contribution < 1.29 is 9.53 Å². The normalized spacial score (nSPS) is 19.8. The number of hydrogen-bond donors (Lipinski definition) is 3. The molecule has 1 amide bonds. The number of ether oxygens (including phenoxy) is 1. The fraction of sp³-hybridized carbons (Fsp3) is 0.333. The summed E-state index contributed by atoms with van der Waals surface area (Å²) >= 11 is 12.0. The Morgan fingerprint density at radius 3 is 2.62 bits per heavy atom. The molecule has 4 N–H and O–H groups in total. The number of amides is 1. The van der Waals surface area contributed by atoms with Crippen LogP contribution in [0.25, 0.3) is 11.3 Å². The van der Waals surface area contributed by atoms with Gasteiger partial charge >= 0.3 is 0 Å². The maximum atomic E-state index is 12.2. The maximum Gasteiger partial charge on any atom is 0.254 e. The summed E-state index contributed by atoms with van der Waals surface area (Å²) in [4.78, 5) is 12.2. The number of hydrogen-bond acceptors (Lipinski definition) is 4. The molecule has 0 unspecified atom stereocenters. The fourth-order valence-electron chi connectivity index (χ4n) is 2.52. The molecule has 0 spiro atoms. The Balaban J connectivity index is 0.00000208. The smallest absolute Gasteiger partial charge is 0.254 e. The second kappa shape index (κ2) is 8.18. The SMILES string of the molecule is Cl.NC[C@H]1CC[C@@H](C(=O)Nc2cc(-c3cc(Cl)cc(Cl)c3)[nH]n2)O1. The standard InChI is InChI=1S/C15H16Cl2N4O2.ClH/c16-9-3-8(4-10(17)5-9)12-6-14(21-20-12)19-15(22)13-2-1-11(7-18)23-13;/h3-6,11,13H,1-2,7,18H2,(H2,19,20,21,22);1H/t11-,13+;/m1./s1. The molecule has 1 aromatic heterocycles. The van der Waals surface area contributed by atoms with Crippen LogP contribution in [0.2, 0.25) is 10.0 Å². The Morgan fingerprint density at radius 2 is 2.00 bits per heavy atom. The lowest BCUT2D eigenvalue weighted by atomic mass is 10.1. The second-order valence-corrected chi connectivity index (χ2v) is 6.25. The predicted molar refractivity (Wildman–Crippen MR) is 96.9 cm³/mol. The van der Waals surface area contributed by atoms with Crippen molar-refractivity contribution >= 4 is 47.3 Å². The van der Waals surface area contributed by atoms with Gasteiger partial charge in [-0.25, -0.2) is 0 Å². The van der Waals surface area contributed by atoms with E-state index in [9.17, 15) is 4.79 Å². The minimum Gasteiger partial charge on any atom is -0.364 e. The summed E-state index contributed by atoms with van der Waals surface area (Å²) in [7, 11) is 0. The number of anilines is 1.